The van der Waals surface area contributed by atoms with Crippen molar-refractivity contribution in [1.82, 2.24) is 0 Å². The summed E-state index contributed by atoms with van der Waals surface area (Å²) in [5.41, 5.74) is 2.51. The van der Waals surface area contributed by atoms with E-state index in [1.165, 1.54) is 23.8 Å². The maximum absolute atomic E-state index is 13.9. The molecule has 7 nitrogen and oxygen atoms in total. The zero-order valence-electron chi connectivity index (χ0n) is 17.9. The second-order valence-corrected chi connectivity index (χ2v) is 8.82. The molecule has 2 heterocycles. The number of carbonyl (C=O) groups excluding carboxylic acids is 3. The van der Waals surface area contributed by atoms with Crippen LogP contribution in [0.4, 0.5) is 17.1 Å². The van der Waals surface area contributed by atoms with E-state index >= 15 is 0 Å². The van der Waals surface area contributed by atoms with E-state index in [4.69, 9.17) is 4.74 Å². The highest BCUT2D eigenvalue weighted by atomic mass is 32.2. The molecule has 2 aliphatic heterocycles. The van der Waals surface area contributed by atoms with Crippen LogP contribution in [0.1, 0.15) is 5.56 Å². The third-order valence-electron chi connectivity index (χ3n) is 5.76. The van der Waals surface area contributed by atoms with Gasteiger partial charge in [0.1, 0.15) is 12.3 Å². The second kappa shape index (κ2) is 8.29. The summed E-state index contributed by atoms with van der Waals surface area (Å²) in [6, 6.07) is 23.6. The number of methoxy groups -OCH3 is 1. The Bertz CT molecular complexity index is 1250. The predicted octanol–water partition coefficient (Wildman–Crippen LogP) is 3.61. The number of hydrogen-bond acceptors (Lipinski definition) is 5. The molecule has 0 aromatic heterocycles. The van der Waals surface area contributed by atoms with Crippen molar-refractivity contribution in [3.05, 3.63) is 84.4 Å². The van der Waals surface area contributed by atoms with Crippen LogP contribution in [0.2, 0.25) is 0 Å². The number of amides is 3. The number of anilines is 3. The molecule has 3 amide bonds. The third kappa shape index (κ3) is 3.34. The van der Waals surface area contributed by atoms with Gasteiger partial charge in [-0.3, -0.25) is 24.2 Å². The van der Waals surface area contributed by atoms with Crippen molar-refractivity contribution in [3.63, 3.8) is 0 Å². The lowest BCUT2D eigenvalue weighted by Crippen LogP contribution is -2.50. The van der Waals surface area contributed by atoms with Crippen LogP contribution in [0.5, 0.6) is 5.75 Å². The van der Waals surface area contributed by atoms with Crippen molar-refractivity contribution in [1.29, 1.82) is 0 Å². The molecule has 1 atom stereocenters. The summed E-state index contributed by atoms with van der Waals surface area (Å²) in [5.74, 6) is -0.104. The molecule has 1 N–H and O–H groups in total. The standard InChI is InChI=1S/C25H21N3O4S/c1-32-21-14-8-6-12-19(21)26-22(29)15-27-20-13-7-5-11-18(20)25(24(27)31)28(23(30)16-33-25)17-9-3-2-4-10-17/h2-14H,15-16H2,1H3,(H,26,29)/t25-/m0/s1. The molecular weight excluding hydrogens is 438 g/mol. The Morgan fingerprint density at radius 3 is 2.48 bits per heavy atom. The average molecular weight is 460 g/mol. The number of nitrogens with one attached hydrogen (secondary N) is 1. The van der Waals surface area contributed by atoms with Gasteiger partial charge >= 0.3 is 0 Å². The van der Waals surface area contributed by atoms with Gasteiger partial charge in [-0.15, -0.1) is 11.8 Å². The van der Waals surface area contributed by atoms with Crippen molar-refractivity contribution in [2.45, 2.75) is 4.87 Å². The summed E-state index contributed by atoms with van der Waals surface area (Å²) >= 11 is 1.29. The van der Waals surface area contributed by atoms with E-state index in [1.54, 1.807) is 23.1 Å². The van der Waals surface area contributed by atoms with Gasteiger partial charge < -0.3 is 10.1 Å². The Kier molecular flexibility index (Phi) is 5.30. The van der Waals surface area contributed by atoms with E-state index in [-0.39, 0.29) is 30.0 Å². The lowest BCUT2D eigenvalue weighted by molar-refractivity contribution is -0.124. The van der Waals surface area contributed by atoms with Crippen LogP contribution in [-0.4, -0.2) is 37.1 Å². The quantitative estimate of drug-likeness (QED) is 0.631. The molecule has 1 saturated heterocycles. The van der Waals surface area contributed by atoms with Crippen LogP contribution in [0, 0.1) is 0 Å². The van der Waals surface area contributed by atoms with Gasteiger partial charge in [0.05, 0.1) is 24.2 Å². The van der Waals surface area contributed by atoms with Crippen molar-refractivity contribution < 1.29 is 19.1 Å². The summed E-state index contributed by atoms with van der Waals surface area (Å²) < 4.78 is 5.30. The first-order chi connectivity index (χ1) is 16.1. The van der Waals surface area contributed by atoms with Crippen molar-refractivity contribution in [2.75, 3.05) is 34.5 Å². The van der Waals surface area contributed by atoms with Crippen molar-refractivity contribution in [2.24, 2.45) is 0 Å². The van der Waals surface area contributed by atoms with Gasteiger partial charge in [-0.05, 0) is 30.3 Å². The Hall–Kier alpha value is -3.78. The predicted molar refractivity (Wildman–Crippen MR) is 128 cm³/mol. The lowest BCUT2D eigenvalue weighted by atomic mass is 10.0. The topological polar surface area (TPSA) is 79.0 Å². The van der Waals surface area contributed by atoms with Gasteiger partial charge in [0.15, 0.2) is 0 Å². The van der Waals surface area contributed by atoms with Gasteiger partial charge in [-0.2, -0.15) is 0 Å². The molecule has 0 bridgehead atoms. The van der Waals surface area contributed by atoms with E-state index in [0.717, 1.165) is 0 Å². The minimum atomic E-state index is -1.24. The molecular formula is C25H21N3O4S. The van der Waals surface area contributed by atoms with Gasteiger partial charge in [0, 0.05) is 11.3 Å². The fraction of sp³-hybridized carbons (Fsp3) is 0.160. The zero-order valence-corrected chi connectivity index (χ0v) is 18.7. The van der Waals surface area contributed by atoms with E-state index in [0.29, 0.717) is 28.4 Å². The molecule has 5 rings (SSSR count). The highest BCUT2D eigenvalue weighted by molar-refractivity contribution is 8.02. The summed E-state index contributed by atoms with van der Waals surface area (Å²) in [7, 11) is 1.53. The smallest absolute Gasteiger partial charge is 0.269 e. The second-order valence-electron chi connectivity index (χ2n) is 7.65. The number of benzene rings is 3. The molecule has 0 aliphatic carbocycles. The van der Waals surface area contributed by atoms with Crippen LogP contribution in [-0.2, 0) is 19.3 Å². The summed E-state index contributed by atoms with van der Waals surface area (Å²) in [6.45, 7) is -0.187. The molecule has 3 aromatic rings. The monoisotopic (exact) mass is 459 g/mol. The maximum atomic E-state index is 13.9. The SMILES string of the molecule is COc1ccccc1NC(=O)CN1C(=O)[C@@]2(SCC(=O)N2c2ccccc2)c2ccccc21. The summed E-state index contributed by atoms with van der Waals surface area (Å²) in [5, 5.41) is 2.83. The number of carbonyl (C=O) groups is 3. The normalized spacial score (nSPS) is 19.2. The molecule has 166 valence electrons. The molecule has 1 spiro atoms. The Balaban J connectivity index is 1.51. The van der Waals surface area contributed by atoms with Crippen LogP contribution in [0.15, 0.2) is 78.9 Å². The molecule has 33 heavy (non-hydrogen) atoms. The van der Waals surface area contributed by atoms with E-state index in [1.807, 2.05) is 60.7 Å². The third-order valence-corrected chi connectivity index (χ3v) is 7.15. The Morgan fingerprint density at radius 2 is 1.70 bits per heavy atom. The molecule has 2 aliphatic rings. The summed E-state index contributed by atoms with van der Waals surface area (Å²) in [4.78, 5) is 41.7. The number of nitrogens with zero attached hydrogens (tertiary/aromatic N) is 2. The van der Waals surface area contributed by atoms with Crippen molar-refractivity contribution in [3.8, 4) is 5.75 Å². The minimum Gasteiger partial charge on any atom is -0.495 e. The molecule has 8 heteroatoms. The highest BCUT2D eigenvalue weighted by Gasteiger charge is 2.61. The van der Waals surface area contributed by atoms with Gasteiger partial charge in [0.25, 0.3) is 5.91 Å². The number of rotatable bonds is 5. The van der Waals surface area contributed by atoms with Gasteiger partial charge in [0.2, 0.25) is 16.7 Å². The van der Waals surface area contributed by atoms with Crippen LogP contribution in [0.25, 0.3) is 0 Å². The Morgan fingerprint density at radius 1 is 1.00 bits per heavy atom. The van der Waals surface area contributed by atoms with Crippen molar-refractivity contribution >= 4 is 46.5 Å². The number of para-hydroxylation sites is 4. The molecule has 3 aromatic carbocycles. The number of hydrogen-bond donors (Lipinski definition) is 1. The first kappa shape index (κ1) is 21.1. The first-order valence-electron chi connectivity index (χ1n) is 10.4. The highest BCUT2D eigenvalue weighted by Crippen LogP contribution is 2.55. The molecule has 0 unspecified atom stereocenters. The van der Waals surface area contributed by atoms with Crippen LogP contribution < -0.4 is 19.9 Å². The molecule has 0 radical (unpaired) electrons. The largest absolute Gasteiger partial charge is 0.495 e. The van der Waals surface area contributed by atoms with E-state index < -0.39 is 4.87 Å². The number of ether oxygens (including phenoxy) is 1. The minimum absolute atomic E-state index is 0.144. The van der Waals surface area contributed by atoms with Crippen LogP contribution in [0.3, 0.4) is 0 Å². The lowest BCUT2D eigenvalue weighted by Gasteiger charge is -2.33. The van der Waals surface area contributed by atoms with Crippen LogP contribution >= 0.6 is 11.8 Å². The molecule has 1 fully saturated rings. The Labute approximate surface area is 195 Å². The molecule has 0 saturated carbocycles. The number of thioether (sulfide) groups is 1. The fourth-order valence-electron chi connectivity index (χ4n) is 4.37. The maximum Gasteiger partial charge on any atom is 0.269 e. The van der Waals surface area contributed by atoms with E-state index in [2.05, 4.69) is 5.32 Å². The fourth-order valence-corrected chi connectivity index (χ4v) is 5.73. The summed E-state index contributed by atoms with van der Waals surface area (Å²) in [6.07, 6.45) is 0. The zero-order chi connectivity index (χ0) is 23.0. The number of fused-ring (bicyclic) bond motifs is 2. The average Bonchev–Trinajstić information content (AvgIpc) is 3.31. The first-order valence-corrected chi connectivity index (χ1v) is 11.4. The van der Waals surface area contributed by atoms with Gasteiger partial charge in [-0.1, -0.05) is 48.5 Å². The van der Waals surface area contributed by atoms with Gasteiger partial charge in [-0.25, -0.2) is 0 Å². The van der Waals surface area contributed by atoms with E-state index in [9.17, 15) is 14.4 Å².